The minimum absolute atomic E-state index is 0.0340. The number of halogens is 1. The number of rotatable bonds is 2. The Balaban J connectivity index is 1.49. The third-order valence-electron chi connectivity index (χ3n) is 6.33. The van der Waals surface area contributed by atoms with E-state index in [2.05, 4.69) is 80.0 Å². The topological polar surface area (TPSA) is 21.1 Å². The maximum Gasteiger partial charge on any atom is 0.120 e. The summed E-state index contributed by atoms with van der Waals surface area (Å²) in [5, 5.41) is 0. The molecule has 0 saturated carbocycles. The number of fused-ring (bicyclic) bond motifs is 4. The molecule has 1 fully saturated rings. The smallest absolute Gasteiger partial charge is 0.120 e. The zero-order chi connectivity index (χ0) is 18.3. The van der Waals surface area contributed by atoms with Gasteiger partial charge in [0.2, 0.25) is 0 Å². The second-order valence-electron chi connectivity index (χ2n) is 7.81. The highest BCUT2D eigenvalue weighted by Gasteiger charge is 2.43. The summed E-state index contributed by atoms with van der Waals surface area (Å²) in [4.78, 5) is 7.49. The SMILES string of the molecule is Brc1cnc2n1CCc1ccccc1C21CCN(Cc2ccccc2)CC1. The molecule has 1 aromatic heterocycles. The van der Waals surface area contributed by atoms with E-state index in [1.54, 1.807) is 0 Å². The number of aryl methyl sites for hydroxylation is 1. The van der Waals surface area contributed by atoms with Gasteiger partial charge in [-0.05, 0) is 65.0 Å². The second-order valence-corrected chi connectivity index (χ2v) is 8.62. The maximum absolute atomic E-state index is 4.90. The summed E-state index contributed by atoms with van der Waals surface area (Å²) >= 11 is 3.73. The lowest BCUT2D eigenvalue weighted by Gasteiger charge is -2.42. The second kappa shape index (κ2) is 6.92. The third-order valence-corrected chi connectivity index (χ3v) is 6.96. The molecule has 1 saturated heterocycles. The first-order valence-corrected chi connectivity index (χ1v) is 10.6. The van der Waals surface area contributed by atoms with Crippen LogP contribution in [-0.4, -0.2) is 27.5 Å². The van der Waals surface area contributed by atoms with Crippen LogP contribution in [0.15, 0.2) is 65.4 Å². The van der Waals surface area contributed by atoms with Crippen LogP contribution in [0.4, 0.5) is 0 Å². The Labute approximate surface area is 169 Å². The summed E-state index contributed by atoms with van der Waals surface area (Å²) < 4.78 is 3.50. The van der Waals surface area contributed by atoms with Crippen LogP contribution < -0.4 is 0 Å². The van der Waals surface area contributed by atoms with Crippen molar-refractivity contribution in [3.8, 4) is 0 Å². The molecule has 0 radical (unpaired) electrons. The Morgan fingerprint density at radius 2 is 1.67 bits per heavy atom. The van der Waals surface area contributed by atoms with E-state index < -0.39 is 0 Å². The van der Waals surface area contributed by atoms with Crippen LogP contribution in [0.25, 0.3) is 0 Å². The molecule has 0 aliphatic carbocycles. The predicted molar refractivity (Wildman–Crippen MR) is 112 cm³/mol. The minimum atomic E-state index is 0.0340. The van der Waals surface area contributed by atoms with Gasteiger partial charge in [-0.25, -0.2) is 4.98 Å². The van der Waals surface area contributed by atoms with Crippen LogP contribution in [0.1, 0.15) is 35.4 Å². The molecule has 2 aliphatic rings. The minimum Gasteiger partial charge on any atom is -0.322 e. The summed E-state index contributed by atoms with van der Waals surface area (Å²) in [5.41, 5.74) is 4.43. The zero-order valence-electron chi connectivity index (χ0n) is 15.4. The number of piperidine rings is 1. The van der Waals surface area contributed by atoms with Crippen molar-refractivity contribution in [2.24, 2.45) is 0 Å². The Hall–Kier alpha value is -1.91. The number of hydrogen-bond acceptors (Lipinski definition) is 2. The fourth-order valence-corrected chi connectivity index (χ4v) is 5.38. The van der Waals surface area contributed by atoms with Gasteiger partial charge in [-0.1, -0.05) is 54.6 Å². The number of hydrogen-bond donors (Lipinski definition) is 0. The Bertz CT molecular complexity index is 939. The van der Waals surface area contributed by atoms with Crippen LogP contribution in [0.5, 0.6) is 0 Å². The molecule has 3 heterocycles. The van der Waals surface area contributed by atoms with E-state index in [0.717, 1.165) is 50.0 Å². The molecular formula is C23H24BrN3. The van der Waals surface area contributed by atoms with Crippen molar-refractivity contribution in [1.29, 1.82) is 0 Å². The van der Waals surface area contributed by atoms with Crippen molar-refractivity contribution in [1.82, 2.24) is 14.5 Å². The Kier molecular flexibility index (Phi) is 4.41. The highest BCUT2D eigenvalue weighted by molar-refractivity contribution is 9.10. The number of likely N-dealkylation sites (tertiary alicyclic amines) is 1. The first-order chi connectivity index (χ1) is 13.3. The van der Waals surface area contributed by atoms with Crippen molar-refractivity contribution in [3.05, 3.63) is 87.9 Å². The Morgan fingerprint density at radius 3 is 2.48 bits per heavy atom. The summed E-state index contributed by atoms with van der Waals surface area (Å²) in [6.45, 7) is 4.25. The first-order valence-electron chi connectivity index (χ1n) is 9.82. The lowest BCUT2D eigenvalue weighted by Crippen LogP contribution is -2.44. The molecule has 0 amide bonds. The molecule has 3 aromatic rings. The quantitative estimate of drug-likeness (QED) is 0.593. The molecule has 0 bridgehead atoms. The average Bonchev–Trinajstić information content (AvgIpc) is 3.03. The third kappa shape index (κ3) is 2.95. The van der Waals surface area contributed by atoms with Crippen LogP contribution in [0.3, 0.4) is 0 Å². The van der Waals surface area contributed by atoms with E-state index in [4.69, 9.17) is 4.98 Å². The van der Waals surface area contributed by atoms with Gasteiger partial charge in [0.1, 0.15) is 10.4 Å². The fourth-order valence-electron chi connectivity index (χ4n) is 4.93. The normalized spacial score (nSPS) is 18.7. The predicted octanol–water partition coefficient (Wildman–Crippen LogP) is 4.78. The van der Waals surface area contributed by atoms with E-state index in [9.17, 15) is 0 Å². The van der Waals surface area contributed by atoms with Gasteiger partial charge in [-0.3, -0.25) is 4.90 Å². The standard InChI is InChI=1S/C23H24BrN3/c24-21-16-25-22-23(20-9-5-4-8-19(20)10-13-27(21)22)11-14-26(15-12-23)17-18-6-2-1-3-7-18/h1-9,16H,10-15,17H2. The van der Waals surface area contributed by atoms with Crippen molar-refractivity contribution in [2.75, 3.05) is 13.1 Å². The number of imidazole rings is 1. The molecule has 27 heavy (non-hydrogen) atoms. The summed E-state index contributed by atoms with van der Waals surface area (Å²) in [5.74, 6) is 1.25. The molecule has 138 valence electrons. The van der Waals surface area contributed by atoms with Gasteiger partial charge in [0, 0.05) is 13.1 Å². The van der Waals surface area contributed by atoms with E-state index in [0.29, 0.717) is 0 Å². The monoisotopic (exact) mass is 421 g/mol. The first kappa shape index (κ1) is 17.2. The van der Waals surface area contributed by atoms with Crippen molar-refractivity contribution >= 4 is 15.9 Å². The highest BCUT2D eigenvalue weighted by Crippen LogP contribution is 2.45. The maximum atomic E-state index is 4.90. The van der Waals surface area contributed by atoms with Gasteiger partial charge < -0.3 is 4.57 Å². The lowest BCUT2D eigenvalue weighted by atomic mass is 9.70. The molecular weight excluding hydrogens is 398 g/mol. The van der Waals surface area contributed by atoms with E-state index in [1.165, 1.54) is 22.5 Å². The average molecular weight is 422 g/mol. The van der Waals surface area contributed by atoms with Gasteiger partial charge >= 0.3 is 0 Å². The molecule has 5 rings (SSSR count). The largest absolute Gasteiger partial charge is 0.322 e. The van der Waals surface area contributed by atoms with Crippen LogP contribution in [0.2, 0.25) is 0 Å². The molecule has 1 spiro atoms. The number of nitrogens with zero attached hydrogens (tertiary/aromatic N) is 3. The van der Waals surface area contributed by atoms with Gasteiger partial charge in [-0.15, -0.1) is 0 Å². The van der Waals surface area contributed by atoms with Crippen LogP contribution in [0, 0.1) is 0 Å². The van der Waals surface area contributed by atoms with E-state index in [-0.39, 0.29) is 5.41 Å². The fraction of sp³-hybridized carbons (Fsp3) is 0.348. The highest BCUT2D eigenvalue weighted by atomic mass is 79.9. The molecule has 3 nitrogen and oxygen atoms in total. The van der Waals surface area contributed by atoms with Gasteiger partial charge in [0.25, 0.3) is 0 Å². The molecule has 2 aromatic carbocycles. The van der Waals surface area contributed by atoms with Gasteiger partial charge in [0.15, 0.2) is 0 Å². The molecule has 0 N–H and O–H groups in total. The van der Waals surface area contributed by atoms with Crippen molar-refractivity contribution in [2.45, 2.75) is 37.8 Å². The Morgan fingerprint density at radius 1 is 0.926 bits per heavy atom. The number of aromatic nitrogens is 2. The number of benzene rings is 2. The zero-order valence-corrected chi connectivity index (χ0v) is 17.0. The van der Waals surface area contributed by atoms with E-state index in [1.807, 2.05) is 6.20 Å². The van der Waals surface area contributed by atoms with Crippen LogP contribution in [-0.2, 0) is 24.9 Å². The van der Waals surface area contributed by atoms with Crippen LogP contribution >= 0.6 is 15.9 Å². The van der Waals surface area contributed by atoms with Crippen molar-refractivity contribution in [3.63, 3.8) is 0 Å². The molecule has 4 heteroatoms. The molecule has 2 aliphatic heterocycles. The van der Waals surface area contributed by atoms with Crippen molar-refractivity contribution < 1.29 is 0 Å². The van der Waals surface area contributed by atoms with Gasteiger partial charge in [-0.2, -0.15) is 0 Å². The van der Waals surface area contributed by atoms with E-state index >= 15 is 0 Å². The molecule has 0 atom stereocenters. The molecule has 0 unspecified atom stereocenters. The lowest BCUT2D eigenvalue weighted by molar-refractivity contribution is 0.166. The summed E-state index contributed by atoms with van der Waals surface area (Å²) in [7, 11) is 0. The summed E-state index contributed by atoms with van der Waals surface area (Å²) in [6.07, 6.45) is 5.32. The summed E-state index contributed by atoms with van der Waals surface area (Å²) in [6, 6.07) is 19.9. The van der Waals surface area contributed by atoms with Gasteiger partial charge in [0.05, 0.1) is 11.6 Å².